The van der Waals surface area contributed by atoms with Gasteiger partial charge in [0.25, 0.3) is 0 Å². The zero-order valence-electron chi connectivity index (χ0n) is 12.5. The Kier molecular flexibility index (Phi) is 3.78. The highest BCUT2D eigenvalue weighted by atomic mass is 16.5. The summed E-state index contributed by atoms with van der Waals surface area (Å²) in [4.78, 5) is 0. The second-order valence-corrected chi connectivity index (χ2v) is 5.13. The van der Waals surface area contributed by atoms with E-state index in [9.17, 15) is 5.11 Å². The molecular formula is C15H17N5O2. The molecule has 0 atom stereocenters. The van der Waals surface area contributed by atoms with Crippen molar-refractivity contribution in [3.63, 3.8) is 0 Å². The molecule has 7 heteroatoms. The lowest BCUT2D eigenvalue weighted by molar-refractivity contribution is 0.299. The molecule has 0 saturated carbocycles. The number of benzene rings is 1. The van der Waals surface area contributed by atoms with Crippen LogP contribution >= 0.6 is 0 Å². The molecule has 7 nitrogen and oxygen atoms in total. The predicted octanol–water partition coefficient (Wildman–Crippen LogP) is 1.65. The van der Waals surface area contributed by atoms with Crippen molar-refractivity contribution in [3.05, 3.63) is 53.6 Å². The molecule has 1 aromatic carbocycles. The maximum absolute atomic E-state index is 9.39. The van der Waals surface area contributed by atoms with Crippen LogP contribution in [0.15, 0.2) is 36.7 Å². The van der Waals surface area contributed by atoms with Crippen LogP contribution in [-0.2, 0) is 20.2 Å². The number of aromatic hydroxyl groups is 1. The Bertz CT molecular complexity index is 778. The molecule has 0 aliphatic heterocycles. The van der Waals surface area contributed by atoms with Gasteiger partial charge in [0.15, 0.2) is 0 Å². The summed E-state index contributed by atoms with van der Waals surface area (Å²) in [6.45, 7) is 2.89. The first-order valence-corrected chi connectivity index (χ1v) is 6.90. The molecular weight excluding hydrogens is 282 g/mol. The molecule has 2 heterocycles. The van der Waals surface area contributed by atoms with Gasteiger partial charge in [0.1, 0.15) is 23.8 Å². The number of aromatic nitrogens is 5. The largest absolute Gasteiger partial charge is 0.508 e. The van der Waals surface area contributed by atoms with E-state index in [0.717, 1.165) is 17.0 Å². The van der Waals surface area contributed by atoms with Crippen molar-refractivity contribution in [1.29, 1.82) is 0 Å². The number of aryl methyl sites for hydroxylation is 2. The maximum atomic E-state index is 9.39. The third kappa shape index (κ3) is 3.25. The van der Waals surface area contributed by atoms with Crippen molar-refractivity contribution in [1.82, 2.24) is 24.8 Å². The Hall–Kier alpha value is -2.83. The number of phenols is 1. The van der Waals surface area contributed by atoms with Crippen molar-refractivity contribution in [3.8, 4) is 11.5 Å². The van der Waals surface area contributed by atoms with Crippen LogP contribution in [-0.4, -0.2) is 29.9 Å². The highest BCUT2D eigenvalue weighted by molar-refractivity contribution is 5.31. The molecule has 0 aliphatic carbocycles. The normalized spacial score (nSPS) is 10.8. The van der Waals surface area contributed by atoms with E-state index in [1.54, 1.807) is 33.6 Å². The summed E-state index contributed by atoms with van der Waals surface area (Å²) < 4.78 is 9.09. The fourth-order valence-corrected chi connectivity index (χ4v) is 2.18. The summed E-state index contributed by atoms with van der Waals surface area (Å²) in [5, 5.41) is 21.9. The average molecular weight is 299 g/mol. The van der Waals surface area contributed by atoms with Gasteiger partial charge >= 0.3 is 0 Å². The first-order chi connectivity index (χ1) is 10.6. The van der Waals surface area contributed by atoms with Gasteiger partial charge < -0.3 is 9.84 Å². The zero-order chi connectivity index (χ0) is 15.5. The lowest BCUT2D eigenvalue weighted by Crippen LogP contribution is -2.03. The number of hydrogen-bond donors (Lipinski definition) is 1. The minimum atomic E-state index is 0.173. The van der Waals surface area contributed by atoms with Crippen LogP contribution < -0.4 is 4.74 Å². The Balaban J connectivity index is 1.63. The van der Waals surface area contributed by atoms with Gasteiger partial charge in [-0.15, -0.1) is 5.10 Å². The fourth-order valence-electron chi connectivity index (χ4n) is 2.18. The minimum Gasteiger partial charge on any atom is -0.508 e. The molecule has 0 fully saturated rings. The fraction of sp³-hybridized carbons (Fsp3) is 0.267. The summed E-state index contributed by atoms with van der Waals surface area (Å²) in [6.07, 6.45) is 3.80. The lowest BCUT2D eigenvalue weighted by Gasteiger charge is -2.03. The van der Waals surface area contributed by atoms with Gasteiger partial charge in [0.05, 0.1) is 18.4 Å². The van der Waals surface area contributed by atoms with E-state index in [1.165, 1.54) is 0 Å². The quantitative estimate of drug-likeness (QED) is 0.775. The Labute approximate surface area is 127 Å². The maximum Gasteiger partial charge on any atom is 0.134 e. The van der Waals surface area contributed by atoms with Crippen LogP contribution in [0.2, 0.25) is 0 Å². The molecule has 3 rings (SSSR count). The molecule has 22 heavy (non-hydrogen) atoms. The summed E-state index contributed by atoms with van der Waals surface area (Å²) in [5.74, 6) is 0.766. The van der Waals surface area contributed by atoms with Crippen molar-refractivity contribution in [2.24, 2.45) is 7.05 Å². The van der Waals surface area contributed by atoms with Crippen LogP contribution in [0, 0.1) is 6.92 Å². The smallest absolute Gasteiger partial charge is 0.134 e. The van der Waals surface area contributed by atoms with Gasteiger partial charge in [-0.1, -0.05) is 11.3 Å². The number of rotatable bonds is 5. The topological polar surface area (TPSA) is 78.0 Å². The second-order valence-electron chi connectivity index (χ2n) is 5.13. The summed E-state index contributed by atoms with van der Waals surface area (Å²) in [7, 11) is 1.90. The highest BCUT2D eigenvalue weighted by Gasteiger charge is 2.07. The molecule has 0 spiro atoms. The minimum absolute atomic E-state index is 0.173. The van der Waals surface area contributed by atoms with Crippen molar-refractivity contribution >= 4 is 0 Å². The molecule has 0 bridgehead atoms. The van der Waals surface area contributed by atoms with E-state index in [0.29, 0.717) is 18.9 Å². The first-order valence-electron chi connectivity index (χ1n) is 6.90. The number of nitrogens with zero attached hydrogens (tertiary/aromatic N) is 5. The average Bonchev–Trinajstić information content (AvgIpc) is 3.04. The second kappa shape index (κ2) is 5.88. The molecule has 0 amide bonds. The van der Waals surface area contributed by atoms with Gasteiger partial charge in [0, 0.05) is 19.3 Å². The van der Waals surface area contributed by atoms with Gasteiger partial charge in [-0.05, 0) is 24.6 Å². The van der Waals surface area contributed by atoms with Crippen molar-refractivity contribution in [2.75, 3.05) is 0 Å². The molecule has 0 radical (unpaired) electrons. The number of hydrogen-bond acceptors (Lipinski definition) is 5. The van der Waals surface area contributed by atoms with E-state index in [-0.39, 0.29) is 5.75 Å². The number of phenolic OH excluding ortho intramolecular Hbond substituents is 1. The highest BCUT2D eigenvalue weighted by Crippen LogP contribution is 2.18. The van der Waals surface area contributed by atoms with E-state index in [2.05, 4.69) is 15.4 Å². The Morgan fingerprint density at radius 3 is 2.86 bits per heavy atom. The van der Waals surface area contributed by atoms with E-state index < -0.39 is 0 Å². The van der Waals surface area contributed by atoms with Crippen LogP contribution in [0.1, 0.15) is 17.0 Å². The molecule has 0 unspecified atom stereocenters. The Morgan fingerprint density at radius 1 is 1.27 bits per heavy atom. The number of ether oxygens (including phenoxy) is 1. The summed E-state index contributed by atoms with van der Waals surface area (Å²) >= 11 is 0. The van der Waals surface area contributed by atoms with Crippen LogP contribution in [0.4, 0.5) is 0 Å². The molecule has 0 aliphatic rings. The molecule has 1 N–H and O–H groups in total. The van der Waals surface area contributed by atoms with E-state index in [4.69, 9.17) is 4.74 Å². The van der Waals surface area contributed by atoms with Gasteiger partial charge in [-0.2, -0.15) is 5.10 Å². The van der Waals surface area contributed by atoms with E-state index in [1.807, 2.05) is 26.4 Å². The predicted molar refractivity (Wildman–Crippen MR) is 79.5 cm³/mol. The monoisotopic (exact) mass is 299 g/mol. The first kappa shape index (κ1) is 14.1. The van der Waals surface area contributed by atoms with Gasteiger partial charge in [-0.3, -0.25) is 4.68 Å². The van der Waals surface area contributed by atoms with Crippen LogP contribution in [0.5, 0.6) is 11.5 Å². The zero-order valence-corrected chi connectivity index (χ0v) is 12.5. The lowest BCUT2D eigenvalue weighted by atomic mass is 10.3. The van der Waals surface area contributed by atoms with Crippen molar-refractivity contribution < 1.29 is 9.84 Å². The summed E-state index contributed by atoms with van der Waals surface area (Å²) in [5.41, 5.74) is 2.81. The standard InChI is InChI=1S/C15H17N5O2/c1-11-7-19(2)17-15(11)9-20-8-12(16-18-20)10-22-14-5-3-4-13(21)6-14/h3-8,21H,9-10H2,1-2H3. The van der Waals surface area contributed by atoms with Crippen molar-refractivity contribution in [2.45, 2.75) is 20.1 Å². The van der Waals surface area contributed by atoms with Gasteiger partial charge in [0.2, 0.25) is 0 Å². The third-order valence-corrected chi connectivity index (χ3v) is 3.22. The van der Waals surface area contributed by atoms with E-state index >= 15 is 0 Å². The van der Waals surface area contributed by atoms with Gasteiger partial charge in [-0.25, -0.2) is 4.68 Å². The molecule has 3 aromatic rings. The summed E-state index contributed by atoms with van der Waals surface area (Å²) in [6, 6.07) is 6.66. The molecule has 2 aromatic heterocycles. The SMILES string of the molecule is Cc1cn(C)nc1Cn1cc(COc2cccc(O)c2)nn1. The molecule has 0 saturated heterocycles. The third-order valence-electron chi connectivity index (χ3n) is 3.22. The van der Waals surface area contributed by atoms with Crippen LogP contribution in [0.3, 0.4) is 0 Å². The molecule has 114 valence electrons. The Morgan fingerprint density at radius 2 is 2.14 bits per heavy atom. The van der Waals surface area contributed by atoms with Crippen LogP contribution in [0.25, 0.3) is 0 Å².